The number of nitrogens with zero attached hydrogens (tertiary/aromatic N) is 5. The number of rotatable bonds is 1. The predicted octanol–water partition coefficient (Wildman–Crippen LogP) is 3.12. The van der Waals surface area contributed by atoms with Crippen molar-refractivity contribution in [3.63, 3.8) is 0 Å². The third kappa shape index (κ3) is 2.23. The molecule has 0 bridgehead atoms. The maximum atomic E-state index is 13.2. The minimum Gasteiger partial charge on any atom is -0.454 e. The Morgan fingerprint density at radius 1 is 1.03 bits per heavy atom. The van der Waals surface area contributed by atoms with Gasteiger partial charge in [0.05, 0.1) is 16.7 Å². The van der Waals surface area contributed by atoms with Gasteiger partial charge in [-0.2, -0.15) is 5.26 Å². The molecule has 0 radical (unpaired) electrons. The third-order valence-electron chi connectivity index (χ3n) is 4.73. The molecule has 0 fully saturated rings. The maximum absolute atomic E-state index is 13.2. The Balaban J connectivity index is 1.69. The average molecular weight is 399 g/mol. The van der Waals surface area contributed by atoms with Crippen molar-refractivity contribution < 1.29 is 9.47 Å². The van der Waals surface area contributed by atoms with Crippen LogP contribution in [0.25, 0.3) is 37.7 Å². The number of ether oxygens (including phenoxy) is 2. The fourth-order valence-corrected chi connectivity index (χ4v) is 4.33. The molecule has 3 aromatic heterocycles. The number of nitriles is 1. The van der Waals surface area contributed by atoms with Gasteiger partial charge < -0.3 is 9.47 Å². The lowest BCUT2D eigenvalue weighted by molar-refractivity contribution is 0.174. The lowest BCUT2D eigenvalue weighted by Gasteiger charge is -2.05. The molecule has 1 aliphatic heterocycles. The van der Waals surface area contributed by atoms with E-state index >= 15 is 0 Å². The second-order valence-electron chi connectivity index (χ2n) is 6.38. The fourth-order valence-electron chi connectivity index (χ4n) is 3.39. The topological polar surface area (TPSA) is 102 Å². The number of aromatic nitrogens is 4. The van der Waals surface area contributed by atoms with Gasteiger partial charge in [0.25, 0.3) is 5.56 Å². The smallest absolute Gasteiger partial charge is 0.278 e. The maximum Gasteiger partial charge on any atom is 0.278 e. The standard InChI is InChI=1S/C20H9N5O3S/c21-8-11-16(10-5-6-14-15(7-10)28-9-27-14)24-20-25(19(11)26)17-18(29-20)23-13-4-2-1-3-12(13)22-17/h1-7H,9H2. The van der Waals surface area contributed by atoms with Crippen molar-refractivity contribution in [1.82, 2.24) is 19.4 Å². The van der Waals surface area contributed by atoms with E-state index in [9.17, 15) is 10.1 Å². The van der Waals surface area contributed by atoms with Crippen molar-refractivity contribution in [3.05, 3.63) is 58.4 Å². The van der Waals surface area contributed by atoms with E-state index in [-0.39, 0.29) is 12.4 Å². The highest BCUT2D eigenvalue weighted by Gasteiger charge is 2.21. The van der Waals surface area contributed by atoms with Crippen LogP contribution in [0, 0.1) is 11.3 Å². The molecule has 4 heterocycles. The van der Waals surface area contributed by atoms with Gasteiger partial charge >= 0.3 is 0 Å². The van der Waals surface area contributed by atoms with Crippen molar-refractivity contribution >= 4 is 37.8 Å². The first-order chi connectivity index (χ1) is 14.2. The zero-order valence-corrected chi connectivity index (χ0v) is 15.4. The van der Waals surface area contributed by atoms with Crippen LogP contribution < -0.4 is 15.0 Å². The molecule has 6 rings (SSSR count). The fraction of sp³-hybridized carbons (Fsp3) is 0.0500. The molecule has 0 atom stereocenters. The zero-order chi connectivity index (χ0) is 19.5. The van der Waals surface area contributed by atoms with Gasteiger partial charge in [0.2, 0.25) is 11.8 Å². The van der Waals surface area contributed by atoms with Crippen molar-refractivity contribution in [3.8, 4) is 28.8 Å². The minimum atomic E-state index is -0.471. The van der Waals surface area contributed by atoms with Crippen LogP contribution in [0.15, 0.2) is 47.3 Å². The van der Waals surface area contributed by atoms with Crippen LogP contribution in [-0.4, -0.2) is 26.1 Å². The Kier molecular flexibility index (Phi) is 3.16. The molecule has 8 nitrogen and oxygen atoms in total. The number of para-hydroxylation sites is 2. The van der Waals surface area contributed by atoms with Gasteiger partial charge in [-0.3, -0.25) is 4.79 Å². The molecule has 0 unspecified atom stereocenters. The van der Waals surface area contributed by atoms with Gasteiger partial charge in [-0.25, -0.2) is 19.4 Å². The Morgan fingerprint density at radius 2 is 1.83 bits per heavy atom. The zero-order valence-electron chi connectivity index (χ0n) is 14.6. The summed E-state index contributed by atoms with van der Waals surface area (Å²) in [6, 6.07) is 14.6. The van der Waals surface area contributed by atoms with Gasteiger partial charge in [0, 0.05) is 5.56 Å². The van der Waals surface area contributed by atoms with E-state index in [0.29, 0.717) is 43.7 Å². The van der Waals surface area contributed by atoms with Crippen LogP contribution in [0.5, 0.6) is 11.5 Å². The first-order valence-electron chi connectivity index (χ1n) is 8.65. The summed E-state index contributed by atoms with van der Waals surface area (Å²) < 4.78 is 12.1. The summed E-state index contributed by atoms with van der Waals surface area (Å²) in [4.78, 5) is 28.0. The molecule has 0 amide bonds. The summed E-state index contributed by atoms with van der Waals surface area (Å²) in [6.07, 6.45) is 0. The SMILES string of the molecule is N#Cc1c(-c2ccc3c(c2)OCO3)nc2sc3nc4ccccc4nc3n2c1=O. The number of hydrogen-bond acceptors (Lipinski definition) is 8. The molecule has 1 aliphatic rings. The Hall–Kier alpha value is -4.03. The first-order valence-corrected chi connectivity index (χ1v) is 9.47. The second-order valence-corrected chi connectivity index (χ2v) is 7.34. The summed E-state index contributed by atoms with van der Waals surface area (Å²) in [7, 11) is 0. The van der Waals surface area contributed by atoms with Crippen LogP contribution in [0.1, 0.15) is 5.56 Å². The Labute approximate surface area is 166 Å². The van der Waals surface area contributed by atoms with Crippen LogP contribution in [0.2, 0.25) is 0 Å². The van der Waals surface area contributed by atoms with Gasteiger partial charge in [-0.05, 0) is 30.3 Å². The highest BCUT2D eigenvalue weighted by Crippen LogP contribution is 2.36. The van der Waals surface area contributed by atoms with Gasteiger partial charge in [-0.1, -0.05) is 23.5 Å². The molecule has 5 aromatic rings. The number of benzene rings is 2. The summed E-state index contributed by atoms with van der Waals surface area (Å²) in [5, 5.41) is 9.70. The molecule has 0 spiro atoms. The number of hydrogen-bond donors (Lipinski definition) is 0. The first kappa shape index (κ1) is 16.0. The van der Waals surface area contributed by atoms with E-state index in [4.69, 9.17) is 9.47 Å². The highest BCUT2D eigenvalue weighted by molar-refractivity contribution is 7.23. The van der Waals surface area contributed by atoms with E-state index in [1.54, 1.807) is 18.2 Å². The molecular weight excluding hydrogens is 390 g/mol. The van der Waals surface area contributed by atoms with Crippen molar-refractivity contribution in [2.24, 2.45) is 0 Å². The minimum absolute atomic E-state index is 0.0592. The van der Waals surface area contributed by atoms with E-state index in [1.165, 1.54) is 15.7 Å². The molecule has 0 aliphatic carbocycles. The Bertz CT molecular complexity index is 1580. The van der Waals surface area contributed by atoms with Crippen molar-refractivity contribution in [1.29, 1.82) is 5.26 Å². The van der Waals surface area contributed by atoms with Gasteiger partial charge in [0.15, 0.2) is 22.0 Å². The van der Waals surface area contributed by atoms with E-state index in [0.717, 1.165) is 5.52 Å². The molecule has 138 valence electrons. The van der Waals surface area contributed by atoms with E-state index < -0.39 is 5.56 Å². The predicted molar refractivity (Wildman–Crippen MR) is 106 cm³/mol. The lowest BCUT2D eigenvalue weighted by atomic mass is 10.1. The van der Waals surface area contributed by atoms with Crippen LogP contribution in [0.3, 0.4) is 0 Å². The molecule has 29 heavy (non-hydrogen) atoms. The second kappa shape index (κ2) is 5.73. The summed E-state index contributed by atoms with van der Waals surface area (Å²) in [5.74, 6) is 1.17. The van der Waals surface area contributed by atoms with Crippen LogP contribution >= 0.6 is 11.3 Å². The molecule has 0 saturated carbocycles. The number of fused-ring (bicyclic) bond motifs is 5. The number of thiazole rings is 1. The van der Waals surface area contributed by atoms with Gasteiger partial charge in [0.1, 0.15) is 11.6 Å². The summed E-state index contributed by atoms with van der Waals surface area (Å²) in [5.41, 5.74) is 2.17. The summed E-state index contributed by atoms with van der Waals surface area (Å²) >= 11 is 1.26. The van der Waals surface area contributed by atoms with E-state index in [2.05, 4.69) is 15.0 Å². The third-order valence-corrected chi connectivity index (χ3v) is 5.66. The van der Waals surface area contributed by atoms with Crippen molar-refractivity contribution in [2.75, 3.05) is 6.79 Å². The highest BCUT2D eigenvalue weighted by atomic mass is 32.1. The Morgan fingerprint density at radius 3 is 2.66 bits per heavy atom. The van der Waals surface area contributed by atoms with Crippen LogP contribution in [0.4, 0.5) is 0 Å². The molecular formula is C20H9N5O3S. The molecule has 0 saturated heterocycles. The lowest BCUT2D eigenvalue weighted by Crippen LogP contribution is -2.18. The molecule has 0 N–H and O–H groups in total. The quantitative estimate of drug-likeness (QED) is 0.427. The van der Waals surface area contributed by atoms with E-state index in [1.807, 2.05) is 30.3 Å². The van der Waals surface area contributed by atoms with Gasteiger partial charge in [-0.15, -0.1) is 0 Å². The average Bonchev–Trinajstić information content (AvgIpc) is 3.35. The molecule has 9 heteroatoms. The monoisotopic (exact) mass is 399 g/mol. The van der Waals surface area contributed by atoms with Crippen molar-refractivity contribution in [2.45, 2.75) is 0 Å². The summed E-state index contributed by atoms with van der Waals surface area (Å²) in [6.45, 7) is 0.139. The largest absolute Gasteiger partial charge is 0.454 e. The normalized spacial score (nSPS) is 12.7. The van der Waals surface area contributed by atoms with Crippen LogP contribution in [-0.2, 0) is 0 Å². The molecule has 2 aromatic carbocycles.